The fourth-order valence-electron chi connectivity index (χ4n) is 4.15. The Hall–Kier alpha value is -1.14. The minimum atomic E-state index is -0.321. The summed E-state index contributed by atoms with van der Waals surface area (Å²) < 4.78 is 5.43. The molecule has 3 heterocycles. The number of piperidine rings is 1. The van der Waals surface area contributed by atoms with Gasteiger partial charge in [-0.3, -0.25) is 14.5 Å². The molecule has 2 amide bonds. The summed E-state index contributed by atoms with van der Waals surface area (Å²) in [5.41, 5.74) is 0. The van der Waals surface area contributed by atoms with Gasteiger partial charge in [0.1, 0.15) is 6.04 Å². The van der Waals surface area contributed by atoms with Crippen LogP contribution in [0.4, 0.5) is 0 Å². The van der Waals surface area contributed by atoms with Gasteiger partial charge in [0.05, 0.1) is 13.2 Å². The van der Waals surface area contributed by atoms with Crippen LogP contribution in [0.5, 0.6) is 0 Å². The highest BCUT2D eigenvalue weighted by atomic mass is 16.5. The zero-order valence-corrected chi connectivity index (χ0v) is 14.4. The van der Waals surface area contributed by atoms with Gasteiger partial charge in [-0.05, 0) is 25.7 Å². The molecule has 0 bridgehead atoms. The highest BCUT2D eigenvalue weighted by Gasteiger charge is 2.39. The van der Waals surface area contributed by atoms with Crippen molar-refractivity contribution in [1.82, 2.24) is 14.7 Å². The molecule has 6 nitrogen and oxygen atoms in total. The molecule has 0 radical (unpaired) electrons. The summed E-state index contributed by atoms with van der Waals surface area (Å²) in [6.07, 6.45) is 2.55. The topological polar surface area (TPSA) is 53.1 Å². The summed E-state index contributed by atoms with van der Waals surface area (Å²) in [6, 6.07) is 0.102. The van der Waals surface area contributed by atoms with E-state index in [1.165, 1.54) is 0 Å². The lowest BCUT2D eigenvalue weighted by molar-refractivity contribution is -0.146. The molecule has 0 spiro atoms. The van der Waals surface area contributed by atoms with E-state index in [9.17, 15) is 9.59 Å². The first kappa shape index (κ1) is 16.7. The number of likely N-dealkylation sites (tertiary alicyclic amines) is 2. The molecule has 6 heteroatoms. The number of carbonyl (C=O) groups excluding carboxylic acids is 2. The molecule has 3 unspecified atom stereocenters. The average Bonchev–Trinajstić information content (AvgIpc) is 2.96. The fourth-order valence-corrected chi connectivity index (χ4v) is 4.15. The normalized spacial score (nSPS) is 31.5. The van der Waals surface area contributed by atoms with E-state index >= 15 is 0 Å². The van der Waals surface area contributed by atoms with E-state index in [-0.39, 0.29) is 17.9 Å². The van der Waals surface area contributed by atoms with E-state index in [0.717, 1.165) is 58.8 Å². The van der Waals surface area contributed by atoms with E-state index in [1.54, 1.807) is 4.90 Å². The highest BCUT2D eigenvalue weighted by molar-refractivity contribution is 5.88. The number of rotatable bonds is 3. The molecule has 0 saturated carbocycles. The summed E-state index contributed by atoms with van der Waals surface area (Å²) in [6.45, 7) is 9.91. The molecule has 130 valence electrons. The van der Waals surface area contributed by atoms with Crippen LogP contribution in [-0.4, -0.2) is 84.5 Å². The van der Waals surface area contributed by atoms with Crippen LogP contribution in [-0.2, 0) is 14.3 Å². The van der Waals surface area contributed by atoms with Crippen LogP contribution in [0.1, 0.15) is 33.1 Å². The van der Waals surface area contributed by atoms with Crippen molar-refractivity contribution in [3.63, 3.8) is 0 Å². The third-order valence-corrected chi connectivity index (χ3v) is 5.58. The summed E-state index contributed by atoms with van der Waals surface area (Å²) in [4.78, 5) is 31.1. The van der Waals surface area contributed by atoms with Gasteiger partial charge < -0.3 is 14.5 Å². The Morgan fingerprint density at radius 3 is 2.61 bits per heavy atom. The van der Waals surface area contributed by atoms with Crippen LogP contribution >= 0.6 is 0 Å². The number of ether oxygens (including phenoxy) is 1. The standard InChI is InChI=1S/C17H29N3O3/c1-13-11-19(12-15(13)18-7-9-23-10-8-18)17(22)14(2)20-6-4-3-5-16(20)21/h13-15H,3-12H2,1-2H3. The molecule has 3 aliphatic heterocycles. The Balaban J connectivity index is 1.60. The Kier molecular flexibility index (Phi) is 5.21. The number of carbonyl (C=O) groups is 2. The van der Waals surface area contributed by atoms with Crippen LogP contribution < -0.4 is 0 Å². The SMILES string of the molecule is CC1CN(C(=O)C(C)N2CCCCC2=O)CC1N1CCOCC1. The number of morpholine rings is 1. The van der Waals surface area contributed by atoms with Crippen LogP contribution in [0, 0.1) is 5.92 Å². The van der Waals surface area contributed by atoms with Crippen molar-refractivity contribution in [3.8, 4) is 0 Å². The Morgan fingerprint density at radius 2 is 1.91 bits per heavy atom. The van der Waals surface area contributed by atoms with Crippen molar-refractivity contribution in [1.29, 1.82) is 0 Å². The van der Waals surface area contributed by atoms with Crippen molar-refractivity contribution in [2.24, 2.45) is 5.92 Å². The smallest absolute Gasteiger partial charge is 0.245 e. The van der Waals surface area contributed by atoms with Crippen molar-refractivity contribution < 1.29 is 14.3 Å². The summed E-state index contributed by atoms with van der Waals surface area (Å²) in [7, 11) is 0. The molecule has 3 fully saturated rings. The van der Waals surface area contributed by atoms with E-state index in [2.05, 4.69) is 11.8 Å². The minimum absolute atomic E-state index is 0.114. The quantitative estimate of drug-likeness (QED) is 0.762. The zero-order chi connectivity index (χ0) is 16.4. The van der Waals surface area contributed by atoms with Gasteiger partial charge in [0.25, 0.3) is 0 Å². The zero-order valence-electron chi connectivity index (χ0n) is 14.4. The molecule has 3 rings (SSSR count). The first-order valence-corrected chi connectivity index (χ1v) is 8.98. The van der Waals surface area contributed by atoms with Crippen molar-refractivity contribution in [2.45, 2.75) is 45.2 Å². The lowest BCUT2D eigenvalue weighted by Crippen LogP contribution is -2.51. The van der Waals surface area contributed by atoms with Gasteiger partial charge >= 0.3 is 0 Å². The van der Waals surface area contributed by atoms with E-state index in [0.29, 0.717) is 18.4 Å². The van der Waals surface area contributed by atoms with Crippen molar-refractivity contribution >= 4 is 11.8 Å². The maximum absolute atomic E-state index is 12.9. The third kappa shape index (κ3) is 3.53. The third-order valence-electron chi connectivity index (χ3n) is 5.58. The van der Waals surface area contributed by atoms with Crippen LogP contribution in [0.15, 0.2) is 0 Å². The maximum atomic E-state index is 12.9. The van der Waals surface area contributed by atoms with E-state index in [4.69, 9.17) is 4.74 Å². The molecule has 0 aliphatic carbocycles. The molecule has 3 saturated heterocycles. The number of hydrogen-bond acceptors (Lipinski definition) is 4. The molecular weight excluding hydrogens is 294 g/mol. The fraction of sp³-hybridized carbons (Fsp3) is 0.882. The van der Waals surface area contributed by atoms with Gasteiger partial charge in [-0.1, -0.05) is 6.92 Å². The molecule has 3 aliphatic rings. The van der Waals surface area contributed by atoms with Gasteiger partial charge in [-0.2, -0.15) is 0 Å². The number of nitrogens with zero attached hydrogens (tertiary/aromatic N) is 3. The average molecular weight is 323 g/mol. The molecule has 23 heavy (non-hydrogen) atoms. The molecule has 0 N–H and O–H groups in total. The minimum Gasteiger partial charge on any atom is -0.379 e. The van der Waals surface area contributed by atoms with E-state index < -0.39 is 0 Å². The summed E-state index contributed by atoms with van der Waals surface area (Å²) in [5.74, 6) is 0.721. The van der Waals surface area contributed by atoms with Gasteiger partial charge in [0.2, 0.25) is 11.8 Å². The Bertz CT molecular complexity index is 450. The largest absolute Gasteiger partial charge is 0.379 e. The second kappa shape index (κ2) is 7.18. The van der Waals surface area contributed by atoms with Crippen LogP contribution in [0.3, 0.4) is 0 Å². The predicted molar refractivity (Wildman–Crippen MR) is 87.0 cm³/mol. The predicted octanol–water partition coefficient (Wildman–Crippen LogP) is 0.567. The lowest BCUT2D eigenvalue weighted by atomic mass is 10.0. The molecule has 3 atom stereocenters. The second-order valence-electron chi connectivity index (χ2n) is 7.16. The van der Waals surface area contributed by atoms with Gasteiger partial charge in [-0.25, -0.2) is 0 Å². The van der Waals surface area contributed by atoms with Crippen molar-refractivity contribution in [3.05, 3.63) is 0 Å². The Labute approximate surface area is 138 Å². The first-order valence-electron chi connectivity index (χ1n) is 8.98. The lowest BCUT2D eigenvalue weighted by Gasteiger charge is -2.35. The number of hydrogen-bond donors (Lipinski definition) is 0. The van der Waals surface area contributed by atoms with Gasteiger partial charge in [-0.15, -0.1) is 0 Å². The highest BCUT2D eigenvalue weighted by Crippen LogP contribution is 2.24. The molecular formula is C17H29N3O3. The summed E-state index contributed by atoms with van der Waals surface area (Å²) in [5, 5.41) is 0. The van der Waals surface area contributed by atoms with Crippen LogP contribution in [0.2, 0.25) is 0 Å². The molecule has 0 aromatic heterocycles. The molecule has 0 aromatic rings. The monoisotopic (exact) mass is 323 g/mol. The summed E-state index contributed by atoms with van der Waals surface area (Å²) >= 11 is 0. The first-order chi connectivity index (χ1) is 11.1. The molecule has 0 aromatic carbocycles. The Morgan fingerprint density at radius 1 is 1.17 bits per heavy atom. The number of amides is 2. The van der Waals surface area contributed by atoms with Crippen molar-refractivity contribution in [2.75, 3.05) is 45.9 Å². The van der Waals surface area contributed by atoms with E-state index in [1.807, 2.05) is 11.8 Å². The van der Waals surface area contributed by atoms with Gasteiger partial charge in [0, 0.05) is 45.2 Å². The second-order valence-corrected chi connectivity index (χ2v) is 7.16. The maximum Gasteiger partial charge on any atom is 0.245 e. The van der Waals surface area contributed by atoms with Gasteiger partial charge in [0.15, 0.2) is 0 Å². The van der Waals surface area contributed by atoms with Crippen LogP contribution in [0.25, 0.3) is 0 Å².